The smallest absolute Gasteiger partial charge is 0.332 e. The highest BCUT2D eigenvalue weighted by Crippen LogP contribution is 2.48. The topological polar surface area (TPSA) is 100 Å². The Morgan fingerprint density at radius 2 is 2.00 bits per heavy atom. The molecule has 2 fully saturated rings. The van der Waals surface area contributed by atoms with Crippen LogP contribution in [0.2, 0.25) is 0 Å². The number of hydrogen-bond acceptors (Lipinski definition) is 5. The van der Waals surface area contributed by atoms with Gasteiger partial charge >= 0.3 is 5.69 Å². The third-order valence-electron chi connectivity index (χ3n) is 6.03. The molecule has 1 aliphatic carbocycles. The molecule has 1 saturated carbocycles. The van der Waals surface area contributed by atoms with Crippen molar-refractivity contribution >= 4 is 17.1 Å². The van der Waals surface area contributed by atoms with Crippen LogP contribution in [-0.2, 0) is 30.2 Å². The standard InChI is InChI=1S/C17H23N5O4/c1-20-14-13(15(24)21(2)16(20)25)22(10-18-14)9-12(23)19-11-3-4-17(11)5-7-26-8-6-17/h10-11H,3-9H2,1-2H3,(H,19,23). The summed E-state index contributed by atoms with van der Waals surface area (Å²) in [4.78, 5) is 41.1. The van der Waals surface area contributed by atoms with Crippen LogP contribution in [0.25, 0.3) is 11.2 Å². The molecule has 140 valence electrons. The average molecular weight is 361 g/mol. The van der Waals surface area contributed by atoms with Crippen LogP contribution < -0.4 is 16.6 Å². The molecule has 9 nitrogen and oxygen atoms in total. The van der Waals surface area contributed by atoms with Crippen molar-refractivity contribution in [3.63, 3.8) is 0 Å². The van der Waals surface area contributed by atoms with E-state index in [0.717, 1.165) is 43.5 Å². The van der Waals surface area contributed by atoms with Crippen LogP contribution in [0.15, 0.2) is 15.9 Å². The van der Waals surface area contributed by atoms with Crippen molar-refractivity contribution in [3.8, 4) is 0 Å². The molecule has 0 bridgehead atoms. The lowest BCUT2D eigenvalue weighted by molar-refractivity contribution is -0.127. The number of carbonyl (C=O) groups is 1. The first-order valence-electron chi connectivity index (χ1n) is 8.91. The molecule has 2 aromatic heterocycles. The van der Waals surface area contributed by atoms with E-state index in [1.54, 1.807) is 7.05 Å². The van der Waals surface area contributed by atoms with Crippen LogP contribution in [0.1, 0.15) is 25.7 Å². The second kappa shape index (κ2) is 6.08. The van der Waals surface area contributed by atoms with Crippen LogP contribution in [0, 0.1) is 5.41 Å². The van der Waals surface area contributed by atoms with E-state index >= 15 is 0 Å². The number of amides is 1. The number of fused-ring (bicyclic) bond motifs is 1. The van der Waals surface area contributed by atoms with Gasteiger partial charge in [0.1, 0.15) is 6.54 Å². The lowest BCUT2D eigenvalue weighted by Gasteiger charge is -2.52. The molecule has 2 aromatic rings. The second-order valence-corrected chi connectivity index (χ2v) is 7.38. The summed E-state index contributed by atoms with van der Waals surface area (Å²) in [6.45, 7) is 1.51. The van der Waals surface area contributed by atoms with Gasteiger partial charge in [0.2, 0.25) is 5.91 Å². The summed E-state index contributed by atoms with van der Waals surface area (Å²) in [5.41, 5.74) is -0.161. The Morgan fingerprint density at radius 3 is 2.65 bits per heavy atom. The number of ether oxygens (including phenoxy) is 1. The maximum absolute atomic E-state index is 12.6. The third kappa shape index (κ3) is 2.49. The summed E-state index contributed by atoms with van der Waals surface area (Å²) in [5, 5.41) is 3.12. The Kier molecular flexibility index (Phi) is 3.98. The quantitative estimate of drug-likeness (QED) is 0.795. The number of nitrogens with one attached hydrogen (secondary N) is 1. The zero-order chi connectivity index (χ0) is 18.5. The Hall–Kier alpha value is -2.42. The molecule has 3 heterocycles. The minimum atomic E-state index is -0.446. The first-order chi connectivity index (χ1) is 12.4. The van der Waals surface area contributed by atoms with E-state index in [2.05, 4.69) is 10.3 Å². The van der Waals surface area contributed by atoms with Crippen molar-refractivity contribution in [2.45, 2.75) is 38.3 Å². The Balaban J connectivity index is 1.55. The Labute approximate surface area is 149 Å². The average Bonchev–Trinajstić information content (AvgIpc) is 3.06. The fourth-order valence-corrected chi connectivity index (χ4v) is 4.21. The van der Waals surface area contributed by atoms with Crippen molar-refractivity contribution in [2.75, 3.05) is 13.2 Å². The van der Waals surface area contributed by atoms with Crippen LogP contribution in [0.4, 0.5) is 0 Å². The van der Waals surface area contributed by atoms with Gasteiger partial charge in [0.15, 0.2) is 11.2 Å². The normalized spacial score (nSPS) is 21.7. The molecule has 1 saturated heterocycles. The highest BCUT2D eigenvalue weighted by molar-refractivity contribution is 5.79. The summed E-state index contributed by atoms with van der Waals surface area (Å²) in [6, 6.07) is 0.167. The van der Waals surface area contributed by atoms with Gasteiger partial charge in [-0.2, -0.15) is 0 Å². The van der Waals surface area contributed by atoms with Crippen LogP contribution in [0.5, 0.6) is 0 Å². The van der Waals surface area contributed by atoms with Crippen molar-refractivity contribution in [2.24, 2.45) is 19.5 Å². The van der Waals surface area contributed by atoms with Gasteiger partial charge < -0.3 is 14.6 Å². The number of rotatable bonds is 3. The van der Waals surface area contributed by atoms with Crippen LogP contribution in [-0.4, -0.2) is 43.8 Å². The minimum absolute atomic E-state index is 0.00697. The molecule has 0 radical (unpaired) electrons. The number of carbonyl (C=O) groups excluding carboxylic acids is 1. The van der Waals surface area contributed by atoms with Crippen molar-refractivity contribution < 1.29 is 9.53 Å². The highest BCUT2D eigenvalue weighted by atomic mass is 16.5. The second-order valence-electron chi connectivity index (χ2n) is 7.38. The van der Waals surface area contributed by atoms with Gasteiger partial charge in [-0.25, -0.2) is 9.78 Å². The molecular weight excluding hydrogens is 338 g/mol. The predicted octanol–water partition coefficient (Wildman–Crippen LogP) is -0.491. The number of imidazole rings is 1. The molecule has 0 aromatic carbocycles. The van der Waals surface area contributed by atoms with Gasteiger partial charge in [-0.1, -0.05) is 0 Å². The van der Waals surface area contributed by atoms with Crippen molar-refractivity contribution in [1.82, 2.24) is 24.0 Å². The summed E-state index contributed by atoms with van der Waals surface area (Å²) < 4.78 is 9.30. The molecule has 1 spiro atoms. The monoisotopic (exact) mass is 361 g/mol. The van der Waals surface area contributed by atoms with Gasteiger partial charge in [-0.05, 0) is 31.1 Å². The van der Waals surface area contributed by atoms with E-state index in [4.69, 9.17) is 4.74 Å². The van der Waals surface area contributed by atoms with Gasteiger partial charge in [-0.3, -0.25) is 18.7 Å². The number of hydrogen-bond donors (Lipinski definition) is 1. The summed E-state index contributed by atoms with van der Waals surface area (Å²) >= 11 is 0. The van der Waals surface area contributed by atoms with Crippen molar-refractivity contribution in [3.05, 3.63) is 27.2 Å². The molecular formula is C17H23N5O4. The third-order valence-corrected chi connectivity index (χ3v) is 6.03. The summed E-state index contributed by atoms with van der Waals surface area (Å²) in [6.07, 6.45) is 5.50. The minimum Gasteiger partial charge on any atom is -0.381 e. The SMILES string of the molecule is Cn1c(=O)c2c(ncn2CC(=O)NC2CCC23CCOCC3)n(C)c1=O. The molecule has 9 heteroatoms. The maximum Gasteiger partial charge on any atom is 0.332 e. The van der Waals surface area contributed by atoms with E-state index in [1.165, 1.54) is 22.5 Å². The Morgan fingerprint density at radius 1 is 1.27 bits per heavy atom. The molecule has 1 unspecified atom stereocenters. The van der Waals surface area contributed by atoms with Gasteiger partial charge in [0.25, 0.3) is 5.56 Å². The van der Waals surface area contributed by atoms with E-state index in [-0.39, 0.29) is 35.1 Å². The maximum atomic E-state index is 12.6. The first kappa shape index (κ1) is 17.0. The van der Waals surface area contributed by atoms with Gasteiger partial charge in [0.05, 0.1) is 6.33 Å². The lowest BCUT2D eigenvalue weighted by atomic mass is 9.60. The molecule has 26 heavy (non-hydrogen) atoms. The summed E-state index contributed by atoms with van der Waals surface area (Å²) in [5.74, 6) is -0.143. The zero-order valence-electron chi connectivity index (χ0n) is 15.0. The molecule has 2 aliphatic rings. The van der Waals surface area contributed by atoms with Gasteiger partial charge in [-0.15, -0.1) is 0 Å². The molecule has 1 amide bonds. The first-order valence-corrected chi connectivity index (χ1v) is 8.91. The predicted molar refractivity (Wildman–Crippen MR) is 93.9 cm³/mol. The largest absolute Gasteiger partial charge is 0.381 e. The fraction of sp³-hybridized carbons (Fsp3) is 0.647. The number of nitrogens with zero attached hydrogens (tertiary/aromatic N) is 4. The van der Waals surface area contributed by atoms with Crippen molar-refractivity contribution in [1.29, 1.82) is 0 Å². The Bertz CT molecular complexity index is 979. The molecule has 4 rings (SSSR count). The van der Waals surface area contributed by atoms with Crippen LogP contribution in [0.3, 0.4) is 0 Å². The van der Waals surface area contributed by atoms with Gasteiger partial charge in [0, 0.05) is 33.4 Å². The van der Waals surface area contributed by atoms with E-state index < -0.39 is 11.2 Å². The lowest BCUT2D eigenvalue weighted by Crippen LogP contribution is -2.57. The molecule has 1 atom stereocenters. The van der Waals surface area contributed by atoms with Crippen LogP contribution >= 0.6 is 0 Å². The van der Waals surface area contributed by atoms with E-state index in [1.807, 2.05) is 0 Å². The van der Waals surface area contributed by atoms with E-state index in [9.17, 15) is 14.4 Å². The fourth-order valence-electron chi connectivity index (χ4n) is 4.21. The molecule has 1 aliphatic heterocycles. The highest BCUT2D eigenvalue weighted by Gasteiger charge is 2.47. The summed E-state index contributed by atoms with van der Waals surface area (Å²) in [7, 11) is 2.98. The van der Waals surface area contributed by atoms with E-state index in [0.29, 0.717) is 0 Å². The molecule has 1 N–H and O–H groups in total. The number of aromatic nitrogens is 4. The zero-order valence-corrected chi connectivity index (χ0v) is 15.0. The number of aryl methyl sites for hydroxylation is 1.